The highest BCUT2D eigenvalue weighted by Crippen LogP contribution is 2.67. The summed E-state index contributed by atoms with van der Waals surface area (Å²) in [5.41, 5.74) is 0.284. The quantitative estimate of drug-likeness (QED) is 0.449. The number of Topliss-reactive ketones (excluding diaryl/α,β-unsaturated/α-hetero) is 1. The van der Waals surface area contributed by atoms with Gasteiger partial charge in [-0.25, -0.2) is 0 Å². The molecule has 0 aromatic carbocycles. The first-order valence-electron chi connectivity index (χ1n) is 4.67. The Morgan fingerprint density at radius 2 is 1.62 bits per heavy atom. The van der Waals surface area contributed by atoms with Gasteiger partial charge in [0.1, 0.15) is 10.8 Å². The Morgan fingerprint density at radius 1 is 1.15 bits per heavy atom. The number of halogens is 2. The summed E-state index contributed by atoms with van der Waals surface area (Å²) >= 11 is 12.2. The van der Waals surface area contributed by atoms with Gasteiger partial charge in [-0.15, -0.1) is 23.2 Å². The van der Waals surface area contributed by atoms with Crippen molar-refractivity contribution in [2.24, 2.45) is 17.3 Å². The summed E-state index contributed by atoms with van der Waals surface area (Å²) in [7, 11) is 0. The van der Waals surface area contributed by atoms with Crippen molar-refractivity contribution in [2.45, 2.75) is 23.6 Å². The van der Waals surface area contributed by atoms with Crippen LogP contribution in [-0.4, -0.2) is 16.5 Å². The molecule has 0 radical (unpaired) electrons. The average Bonchev–Trinajstić information content (AvgIpc) is 2.78. The highest BCUT2D eigenvalue weighted by molar-refractivity contribution is 6.41. The number of ketones is 1. The molecule has 0 heterocycles. The van der Waals surface area contributed by atoms with Crippen molar-refractivity contribution in [2.75, 3.05) is 0 Å². The number of carbonyl (C=O) groups is 1. The Balaban J connectivity index is 2.06. The minimum absolute atomic E-state index is 0.0286. The van der Waals surface area contributed by atoms with E-state index in [0.717, 1.165) is 0 Å². The maximum atomic E-state index is 11.6. The molecule has 0 saturated heterocycles. The van der Waals surface area contributed by atoms with E-state index in [9.17, 15) is 4.79 Å². The van der Waals surface area contributed by atoms with Crippen molar-refractivity contribution in [1.29, 1.82) is 0 Å². The summed E-state index contributed by atoms with van der Waals surface area (Å²) in [5.74, 6) is 0.559. The Kier molecular flexibility index (Phi) is 1.48. The Bertz CT molecular complexity index is 282. The molecule has 3 aliphatic carbocycles. The molecule has 0 N–H and O–H groups in total. The predicted molar refractivity (Wildman–Crippen MR) is 52.1 cm³/mol. The topological polar surface area (TPSA) is 17.1 Å². The lowest BCUT2D eigenvalue weighted by atomic mass is 9.73. The van der Waals surface area contributed by atoms with E-state index in [1.165, 1.54) is 12.8 Å². The lowest BCUT2D eigenvalue weighted by molar-refractivity contribution is -0.122. The molecule has 4 atom stereocenters. The van der Waals surface area contributed by atoms with E-state index >= 15 is 0 Å². The maximum Gasteiger partial charge on any atom is 0.169 e. The fourth-order valence-electron chi connectivity index (χ4n) is 2.94. The molecular formula is C10H10Cl2O. The molecule has 70 valence electrons. The summed E-state index contributed by atoms with van der Waals surface area (Å²) in [5, 5.41) is -0.750. The van der Waals surface area contributed by atoms with Crippen LogP contribution >= 0.6 is 23.2 Å². The van der Waals surface area contributed by atoms with Crippen LogP contribution in [0.2, 0.25) is 0 Å². The number of carbonyl (C=O) groups excluding carboxylic acids is 1. The molecule has 0 aliphatic heterocycles. The lowest BCUT2D eigenvalue weighted by Crippen LogP contribution is -2.45. The minimum atomic E-state index is -0.375. The van der Waals surface area contributed by atoms with Gasteiger partial charge >= 0.3 is 0 Å². The second-order valence-electron chi connectivity index (χ2n) is 4.38. The molecule has 13 heavy (non-hydrogen) atoms. The van der Waals surface area contributed by atoms with E-state index in [4.69, 9.17) is 23.2 Å². The van der Waals surface area contributed by atoms with E-state index < -0.39 is 0 Å². The van der Waals surface area contributed by atoms with Crippen molar-refractivity contribution in [3.8, 4) is 0 Å². The molecular weight excluding hydrogens is 207 g/mol. The fraction of sp³-hybridized carbons (Fsp3) is 0.700. The standard InChI is InChI=1S/C10H10Cl2O/c11-7-5-1-2-6(8(12)9(7)13)10(5)3-4-10/h1-2,5-8H,3-4H2/t5-,6+,7-,8-/m0/s1. The van der Waals surface area contributed by atoms with Crippen LogP contribution in [-0.2, 0) is 4.79 Å². The van der Waals surface area contributed by atoms with Gasteiger partial charge in [0.05, 0.1) is 0 Å². The van der Waals surface area contributed by atoms with Gasteiger partial charge in [0.25, 0.3) is 0 Å². The summed E-state index contributed by atoms with van der Waals surface area (Å²) in [6.45, 7) is 0. The highest BCUT2D eigenvalue weighted by atomic mass is 35.5. The van der Waals surface area contributed by atoms with E-state index in [1.54, 1.807) is 0 Å². The normalized spacial score (nSPS) is 50.2. The van der Waals surface area contributed by atoms with E-state index in [-0.39, 0.29) is 33.8 Å². The van der Waals surface area contributed by atoms with E-state index in [0.29, 0.717) is 0 Å². The van der Waals surface area contributed by atoms with Crippen molar-refractivity contribution in [3.05, 3.63) is 12.2 Å². The number of allylic oxidation sites excluding steroid dienone is 2. The maximum absolute atomic E-state index is 11.6. The molecule has 1 spiro atoms. The molecule has 3 rings (SSSR count). The van der Waals surface area contributed by atoms with Crippen molar-refractivity contribution >= 4 is 29.0 Å². The lowest BCUT2D eigenvalue weighted by Gasteiger charge is -2.36. The van der Waals surface area contributed by atoms with Crippen LogP contribution in [0.5, 0.6) is 0 Å². The first kappa shape index (κ1) is 8.31. The molecule has 2 bridgehead atoms. The van der Waals surface area contributed by atoms with Gasteiger partial charge in [-0.05, 0) is 18.3 Å². The largest absolute Gasteiger partial charge is 0.296 e. The van der Waals surface area contributed by atoms with Crippen LogP contribution < -0.4 is 0 Å². The Hall–Kier alpha value is -0.0100. The molecule has 0 amide bonds. The zero-order chi connectivity index (χ0) is 9.22. The Morgan fingerprint density at radius 3 is 2.00 bits per heavy atom. The van der Waals surface area contributed by atoms with Crippen LogP contribution in [0.4, 0.5) is 0 Å². The van der Waals surface area contributed by atoms with Crippen molar-refractivity contribution in [3.63, 3.8) is 0 Å². The summed E-state index contributed by atoms with van der Waals surface area (Å²) in [4.78, 5) is 11.6. The molecule has 2 fully saturated rings. The third-order valence-corrected chi connectivity index (χ3v) is 4.83. The first-order chi connectivity index (χ1) is 6.17. The molecule has 1 nitrogen and oxygen atoms in total. The van der Waals surface area contributed by atoms with Gasteiger partial charge < -0.3 is 0 Å². The molecule has 3 aliphatic rings. The Labute approximate surface area is 87.1 Å². The second kappa shape index (κ2) is 2.32. The van der Waals surface area contributed by atoms with Crippen LogP contribution in [0.3, 0.4) is 0 Å². The number of hydrogen-bond donors (Lipinski definition) is 0. The molecule has 2 saturated carbocycles. The third kappa shape index (κ3) is 0.829. The molecule has 0 aromatic heterocycles. The molecule has 3 heteroatoms. The van der Waals surface area contributed by atoms with Gasteiger partial charge in [0.15, 0.2) is 5.78 Å². The first-order valence-corrected chi connectivity index (χ1v) is 5.54. The van der Waals surface area contributed by atoms with E-state index in [2.05, 4.69) is 12.2 Å². The number of rotatable bonds is 0. The third-order valence-electron chi connectivity index (χ3n) is 3.86. The predicted octanol–water partition coefficient (Wildman–Crippen LogP) is 2.37. The van der Waals surface area contributed by atoms with Crippen molar-refractivity contribution < 1.29 is 4.79 Å². The van der Waals surface area contributed by atoms with Crippen LogP contribution in [0.25, 0.3) is 0 Å². The summed E-state index contributed by atoms with van der Waals surface area (Å²) in [6.07, 6.45) is 6.59. The second-order valence-corrected chi connectivity index (χ2v) is 5.32. The van der Waals surface area contributed by atoms with Gasteiger partial charge in [0.2, 0.25) is 0 Å². The summed E-state index contributed by atoms with van der Waals surface area (Å²) in [6, 6.07) is 0. The SMILES string of the molecule is O=C1[C@@H](Cl)[C@H]2C=C[C@@H]([C@@H]1Cl)C21CC1. The van der Waals surface area contributed by atoms with Gasteiger partial charge in [-0.2, -0.15) is 0 Å². The molecule has 0 unspecified atom stereocenters. The van der Waals surface area contributed by atoms with Crippen LogP contribution in [0, 0.1) is 17.3 Å². The number of hydrogen-bond acceptors (Lipinski definition) is 1. The molecule has 0 aromatic rings. The zero-order valence-corrected chi connectivity index (χ0v) is 8.55. The van der Waals surface area contributed by atoms with E-state index in [1.807, 2.05) is 0 Å². The monoisotopic (exact) mass is 216 g/mol. The summed E-state index contributed by atoms with van der Waals surface area (Å²) < 4.78 is 0. The van der Waals surface area contributed by atoms with Crippen LogP contribution in [0.15, 0.2) is 12.2 Å². The van der Waals surface area contributed by atoms with Gasteiger partial charge in [-0.3, -0.25) is 4.79 Å². The fourth-order valence-corrected chi connectivity index (χ4v) is 3.95. The number of alkyl halides is 2. The smallest absolute Gasteiger partial charge is 0.169 e. The van der Waals surface area contributed by atoms with Gasteiger partial charge in [0, 0.05) is 11.8 Å². The van der Waals surface area contributed by atoms with Crippen molar-refractivity contribution in [1.82, 2.24) is 0 Å². The average molecular weight is 217 g/mol. The zero-order valence-electron chi connectivity index (χ0n) is 7.04. The highest BCUT2D eigenvalue weighted by Gasteiger charge is 2.64. The minimum Gasteiger partial charge on any atom is -0.296 e. The van der Waals surface area contributed by atoms with Gasteiger partial charge in [-0.1, -0.05) is 12.2 Å². The van der Waals surface area contributed by atoms with Crippen LogP contribution in [0.1, 0.15) is 12.8 Å².